The number of hydrogen-bond donors (Lipinski definition) is 1. The maximum atomic E-state index is 12.4. The minimum Gasteiger partial charge on any atom is -0.479 e. The van der Waals surface area contributed by atoms with Crippen LogP contribution in [0, 0.1) is 6.92 Å². The molecule has 1 N–H and O–H groups in total. The predicted octanol–water partition coefficient (Wildman–Crippen LogP) is 2.29. The van der Waals surface area contributed by atoms with Gasteiger partial charge in [0.25, 0.3) is 0 Å². The number of aryl methyl sites for hydroxylation is 2. The Morgan fingerprint density at radius 1 is 1.38 bits per heavy atom. The van der Waals surface area contributed by atoms with Crippen LogP contribution in [0.1, 0.15) is 29.7 Å². The Morgan fingerprint density at radius 3 is 2.67 bits per heavy atom. The first-order chi connectivity index (χ1) is 11.5. The number of thiophene rings is 1. The molecule has 1 aliphatic rings. The summed E-state index contributed by atoms with van der Waals surface area (Å²) in [4.78, 5) is 27.2. The molecule has 0 unspecified atom stereocenters. The molecule has 3 rings (SSSR count). The van der Waals surface area contributed by atoms with Gasteiger partial charge < -0.3 is 10.0 Å². The summed E-state index contributed by atoms with van der Waals surface area (Å²) in [5, 5.41) is 16.0. The van der Waals surface area contributed by atoms with E-state index in [1.165, 1.54) is 4.88 Å². The van der Waals surface area contributed by atoms with Crippen molar-refractivity contribution >= 4 is 23.2 Å². The summed E-state index contributed by atoms with van der Waals surface area (Å²) >= 11 is 1.65. The Labute approximate surface area is 144 Å². The van der Waals surface area contributed by atoms with E-state index in [4.69, 9.17) is 0 Å². The summed E-state index contributed by atoms with van der Waals surface area (Å²) < 4.78 is 1.55. The fourth-order valence-corrected chi connectivity index (χ4v) is 3.87. The monoisotopic (exact) mass is 347 g/mol. The summed E-state index contributed by atoms with van der Waals surface area (Å²) in [6, 6.07) is 4.02. The minimum atomic E-state index is -1.04. The van der Waals surface area contributed by atoms with Crippen LogP contribution in [0.5, 0.6) is 0 Å². The predicted molar refractivity (Wildman–Crippen MR) is 91.0 cm³/mol. The van der Waals surface area contributed by atoms with E-state index >= 15 is 0 Å². The van der Waals surface area contributed by atoms with Gasteiger partial charge in [-0.1, -0.05) is 6.07 Å². The van der Waals surface area contributed by atoms with Crippen molar-refractivity contribution in [3.8, 4) is 0 Å². The summed E-state index contributed by atoms with van der Waals surface area (Å²) in [7, 11) is 0. The number of carbonyl (C=O) groups is 2. The van der Waals surface area contributed by atoms with Crippen molar-refractivity contribution in [3.05, 3.63) is 40.3 Å². The zero-order valence-electron chi connectivity index (χ0n) is 13.6. The Balaban J connectivity index is 1.63. The number of carboxylic acids is 1. The van der Waals surface area contributed by atoms with Gasteiger partial charge in [0.1, 0.15) is 0 Å². The minimum absolute atomic E-state index is 0.0963. The van der Waals surface area contributed by atoms with Gasteiger partial charge in [-0.2, -0.15) is 5.10 Å². The lowest BCUT2D eigenvalue weighted by Crippen LogP contribution is -2.52. The fraction of sp³-hybridized carbons (Fsp3) is 0.471. The van der Waals surface area contributed by atoms with E-state index in [0.717, 1.165) is 12.0 Å². The lowest BCUT2D eigenvalue weighted by atomic mass is 9.87. The first-order valence-electron chi connectivity index (χ1n) is 8.06. The molecular formula is C17H21N3O3S. The number of nitrogens with zero attached hydrogens (tertiary/aromatic N) is 3. The van der Waals surface area contributed by atoms with Gasteiger partial charge in [-0.25, -0.2) is 4.79 Å². The first kappa shape index (κ1) is 16.7. The molecule has 1 fully saturated rings. The van der Waals surface area contributed by atoms with Crippen LogP contribution >= 0.6 is 11.3 Å². The number of likely N-dealkylation sites (tertiary alicyclic amines) is 1. The van der Waals surface area contributed by atoms with Gasteiger partial charge in [0.2, 0.25) is 5.91 Å². The van der Waals surface area contributed by atoms with Gasteiger partial charge in [-0.05, 0) is 30.4 Å². The molecule has 0 bridgehead atoms. The number of piperidine rings is 1. The SMILES string of the molecule is Cc1cnn(C2(C(=O)O)CCN(C(=O)CCc3cccs3)CC2)c1. The molecule has 1 saturated heterocycles. The van der Waals surface area contributed by atoms with Gasteiger partial charge in [0.15, 0.2) is 5.54 Å². The molecule has 1 amide bonds. The Morgan fingerprint density at radius 2 is 2.12 bits per heavy atom. The van der Waals surface area contributed by atoms with Gasteiger partial charge >= 0.3 is 5.97 Å². The van der Waals surface area contributed by atoms with Crippen LogP contribution in [-0.4, -0.2) is 44.8 Å². The molecule has 6 nitrogen and oxygen atoms in total. The van der Waals surface area contributed by atoms with Crippen molar-refractivity contribution < 1.29 is 14.7 Å². The van der Waals surface area contributed by atoms with Crippen LogP contribution in [-0.2, 0) is 21.5 Å². The Kier molecular flexibility index (Phi) is 4.71. The van der Waals surface area contributed by atoms with Crippen molar-refractivity contribution in [3.63, 3.8) is 0 Å². The highest BCUT2D eigenvalue weighted by molar-refractivity contribution is 7.09. The maximum absolute atomic E-state index is 12.4. The zero-order chi connectivity index (χ0) is 17.2. The third kappa shape index (κ3) is 3.21. The molecule has 128 valence electrons. The number of amides is 1. The summed E-state index contributed by atoms with van der Waals surface area (Å²) in [6.07, 6.45) is 5.42. The molecule has 0 radical (unpaired) electrons. The van der Waals surface area contributed by atoms with Gasteiger partial charge in [0.05, 0.1) is 6.20 Å². The lowest BCUT2D eigenvalue weighted by molar-refractivity contribution is -0.153. The molecule has 0 atom stereocenters. The van der Waals surface area contributed by atoms with E-state index in [-0.39, 0.29) is 5.91 Å². The van der Waals surface area contributed by atoms with Crippen LogP contribution in [0.15, 0.2) is 29.9 Å². The zero-order valence-corrected chi connectivity index (χ0v) is 14.5. The summed E-state index contributed by atoms with van der Waals surface area (Å²) in [6.45, 7) is 2.80. The second kappa shape index (κ2) is 6.76. The summed E-state index contributed by atoms with van der Waals surface area (Å²) in [5.74, 6) is -0.782. The summed E-state index contributed by atoms with van der Waals surface area (Å²) in [5.41, 5.74) is -0.108. The third-order valence-electron chi connectivity index (χ3n) is 4.66. The molecule has 2 aromatic heterocycles. The van der Waals surface area contributed by atoms with Crippen LogP contribution in [0.3, 0.4) is 0 Å². The number of carboxylic acid groups (broad SMARTS) is 1. The highest BCUT2D eigenvalue weighted by Gasteiger charge is 2.44. The van der Waals surface area contributed by atoms with Crippen LogP contribution in [0.2, 0.25) is 0 Å². The Bertz CT molecular complexity index is 715. The van der Waals surface area contributed by atoms with Crippen molar-refractivity contribution in [2.24, 2.45) is 0 Å². The van der Waals surface area contributed by atoms with E-state index in [1.807, 2.05) is 24.4 Å². The van der Waals surface area contributed by atoms with Gasteiger partial charge in [-0.15, -0.1) is 11.3 Å². The Hall–Kier alpha value is -2.15. The van der Waals surface area contributed by atoms with E-state index < -0.39 is 11.5 Å². The quantitative estimate of drug-likeness (QED) is 0.900. The standard InChI is InChI=1S/C17H21N3O3S/c1-13-11-18-20(12-13)17(16(22)23)6-8-19(9-7-17)15(21)5-4-14-3-2-10-24-14/h2-3,10-12H,4-9H2,1H3,(H,22,23). The highest BCUT2D eigenvalue weighted by Crippen LogP contribution is 2.31. The van der Waals surface area contributed by atoms with Crippen molar-refractivity contribution in [2.75, 3.05) is 13.1 Å². The number of hydrogen-bond acceptors (Lipinski definition) is 4. The van der Waals surface area contributed by atoms with Crippen LogP contribution in [0.25, 0.3) is 0 Å². The van der Waals surface area contributed by atoms with Gasteiger partial charge in [-0.3, -0.25) is 9.48 Å². The number of rotatable bonds is 5. The lowest BCUT2D eigenvalue weighted by Gasteiger charge is -2.39. The highest BCUT2D eigenvalue weighted by atomic mass is 32.1. The second-order valence-corrected chi connectivity index (χ2v) is 7.29. The average molecular weight is 347 g/mol. The topological polar surface area (TPSA) is 75.4 Å². The molecule has 2 aromatic rings. The molecule has 0 aliphatic carbocycles. The van der Waals surface area contributed by atoms with Crippen molar-refractivity contribution in [1.29, 1.82) is 0 Å². The normalized spacial score (nSPS) is 17.0. The van der Waals surface area contributed by atoms with Crippen LogP contribution < -0.4 is 0 Å². The molecular weight excluding hydrogens is 326 g/mol. The molecule has 0 saturated carbocycles. The van der Waals surface area contributed by atoms with E-state index in [0.29, 0.717) is 32.4 Å². The maximum Gasteiger partial charge on any atom is 0.331 e. The smallest absolute Gasteiger partial charge is 0.331 e. The van der Waals surface area contributed by atoms with Crippen molar-refractivity contribution in [1.82, 2.24) is 14.7 Å². The van der Waals surface area contributed by atoms with E-state index in [9.17, 15) is 14.7 Å². The molecule has 3 heterocycles. The number of aromatic nitrogens is 2. The molecule has 0 spiro atoms. The van der Waals surface area contributed by atoms with Crippen LogP contribution in [0.4, 0.5) is 0 Å². The van der Waals surface area contributed by atoms with Gasteiger partial charge in [0, 0.05) is 43.4 Å². The van der Waals surface area contributed by atoms with E-state index in [1.54, 1.807) is 33.3 Å². The van der Waals surface area contributed by atoms with E-state index in [2.05, 4.69) is 5.10 Å². The third-order valence-corrected chi connectivity index (χ3v) is 5.59. The molecule has 7 heteroatoms. The second-order valence-electron chi connectivity index (χ2n) is 6.26. The van der Waals surface area contributed by atoms with Crippen molar-refractivity contribution in [2.45, 2.75) is 38.1 Å². The molecule has 1 aliphatic heterocycles. The number of carbonyl (C=O) groups excluding carboxylic acids is 1. The fourth-order valence-electron chi connectivity index (χ4n) is 3.16. The molecule has 0 aromatic carbocycles. The largest absolute Gasteiger partial charge is 0.479 e. The first-order valence-corrected chi connectivity index (χ1v) is 8.94. The molecule has 24 heavy (non-hydrogen) atoms. The average Bonchev–Trinajstić information content (AvgIpc) is 3.24. The number of aliphatic carboxylic acids is 1.